The van der Waals surface area contributed by atoms with Crippen molar-refractivity contribution in [3.8, 4) is 0 Å². The average Bonchev–Trinajstić information content (AvgIpc) is 2.31. The van der Waals surface area contributed by atoms with E-state index in [0.29, 0.717) is 24.3 Å². The van der Waals surface area contributed by atoms with Crippen LogP contribution in [-0.2, 0) is 0 Å². The maximum atomic E-state index is 13.6. The van der Waals surface area contributed by atoms with Gasteiger partial charge in [0.2, 0.25) is 0 Å². The second kappa shape index (κ2) is 6.69. The van der Waals surface area contributed by atoms with Gasteiger partial charge >= 0.3 is 0 Å². The minimum atomic E-state index is -0.464. The predicted octanol–water partition coefficient (Wildman–Crippen LogP) is 3.79. The first-order valence-electron chi connectivity index (χ1n) is 6.87. The number of nitrogens with one attached hydrogen (secondary N) is 1. The molecular weight excluding hydrogens is 241 g/mol. The summed E-state index contributed by atoms with van der Waals surface area (Å²) in [5.74, 6) is 0.586. The lowest BCUT2D eigenvalue weighted by molar-refractivity contribution is 0.0933. The van der Waals surface area contributed by atoms with Crippen molar-refractivity contribution < 1.29 is 9.18 Å². The van der Waals surface area contributed by atoms with Gasteiger partial charge in [-0.1, -0.05) is 39.3 Å². The van der Waals surface area contributed by atoms with Crippen LogP contribution in [0.25, 0.3) is 0 Å². The molecule has 0 fully saturated rings. The van der Waals surface area contributed by atoms with Crippen molar-refractivity contribution in [1.29, 1.82) is 0 Å². The Bertz CT molecular complexity index is 432. The van der Waals surface area contributed by atoms with E-state index in [1.165, 1.54) is 6.07 Å². The van der Waals surface area contributed by atoms with E-state index < -0.39 is 5.82 Å². The molecule has 19 heavy (non-hydrogen) atoms. The van der Waals surface area contributed by atoms with Gasteiger partial charge in [-0.05, 0) is 36.8 Å². The molecule has 1 rings (SSSR count). The molecule has 3 heteroatoms. The van der Waals surface area contributed by atoms with Crippen LogP contribution in [0.15, 0.2) is 18.2 Å². The van der Waals surface area contributed by atoms with Gasteiger partial charge in [0.1, 0.15) is 5.82 Å². The summed E-state index contributed by atoms with van der Waals surface area (Å²) >= 11 is 0. The molecule has 1 amide bonds. The number of rotatable bonds is 5. The number of hydrogen-bond acceptors (Lipinski definition) is 1. The second-order valence-corrected chi connectivity index (χ2v) is 5.85. The third-order valence-electron chi connectivity index (χ3n) is 3.58. The highest BCUT2D eigenvalue weighted by atomic mass is 19.1. The van der Waals surface area contributed by atoms with Crippen molar-refractivity contribution in [3.05, 3.63) is 35.1 Å². The van der Waals surface area contributed by atoms with Gasteiger partial charge in [0, 0.05) is 6.54 Å². The van der Waals surface area contributed by atoms with Gasteiger partial charge in [0.15, 0.2) is 0 Å². The van der Waals surface area contributed by atoms with Crippen LogP contribution in [0.4, 0.5) is 4.39 Å². The molecule has 0 aliphatic heterocycles. The number of carbonyl (C=O) groups is 1. The van der Waals surface area contributed by atoms with Crippen molar-refractivity contribution in [3.63, 3.8) is 0 Å². The molecule has 0 saturated carbocycles. The first-order chi connectivity index (χ1) is 8.82. The summed E-state index contributed by atoms with van der Waals surface area (Å²) in [6, 6.07) is 4.59. The first-order valence-corrected chi connectivity index (χ1v) is 6.87. The van der Waals surface area contributed by atoms with Crippen LogP contribution in [0.1, 0.15) is 43.6 Å². The molecular formula is C16H24FNO. The lowest BCUT2D eigenvalue weighted by Crippen LogP contribution is -2.34. The van der Waals surface area contributed by atoms with E-state index in [-0.39, 0.29) is 11.5 Å². The Morgan fingerprint density at radius 3 is 2.32 bits per heavy atom. The summed E-state index contributed by atoms with van der Waals surface area (Å²) in [6.07, 6.45) is 0. The van der Waals surface area contributed by atoms with Crippen LogP contribution >= 0.6 is 0 Å². The maximum absolute atomic E-state index is 13.6. The molecule has 0 radical (unpaired) electrons. The molecule has 1 aromatic rings. The number of aryl methyl sites for hydroxylation is 1. The number of benzene rings is 1. The van der Waals surface area contributed by atoms with Crippen LogP contribution in [-0.4, -0.2) is 12.5 Å². The van der Waals surface area contributed by atoms with E-state index in [1.807, 2.05) is 6.92 Å². The first kappa shape index (κ1) is 15.7. The second-order valence-electron chi connectivity index (χ2n) is 5.85. The van der Waals surface area contributed by atoms with Crippen LogP contribution in [0.5, 0.6) is 0 Å². The fraction of sp³-hybridized carbons (Fsp3) is 0.562. The lowest BCUT2D eigenvalue weighted by Gasteiger charge is -2.25. The summed E-state index contributed by atoms with van der Waals surface area (Å²) in [6.45, 7) is 11.0. The van der Waals surface area contributed by atoms with E-state index >= 15 is 0 Å². The Labute approximate surface area is 115 Å². The SMILES string of the molecule is Cc1ccc(F)c(C(=O)NCC(C(C)C)C(C)C)c1. The summed E-state index contributed by atoms with van der Waals surface area (Å²) < 4.78 is 13.6. The molecule has 0 spiro atoms. The smallest absolute Gasteiger partial charge is 0.254 e. The van der Waals surface area contributed by atoms with Gasteiger partial charge in [-0.3, -0.25) is 4.79 Å². The van der Waals surface area contributed by atoms with Crippen LogP contribution in [0.2, 0.25) is 0 Å². The summed E-state index contributed by atoms with van der Waals surface area (Å²) in [5.41, 5.74) is 1.02. The zero-order valence-electron chi connectivity index (χ0n) is 12.5. The average molecular weight is 265 g/mol. The van der Waals surface area contributed by atoms with Crippen LogP contribution in [0.3, 0.4) is 0 Å². The van der Waals surface area contributed by atoms with Gasteiger partial charge in [-0.15, -0.1) is 0 Å². The molecule has 0 aliphatic carbocycles. The molecule has 2 nitrogen and oxygen atoms in total. The van der Waals surface area contributed by atoms with E-state index in [2.05, 4.69) is 33.0 Å². The van der Waals surface area contributed by atoms with Crippen LogP contribution < -0.4 is 5.32 Å². The fourth-order valence-corrected chi connectivity index (χ4v) is 2.36. The van der Waals surface area contributed by atoms with E-state index in [4.69, 9.17) is 0 Å². The quantitative estimate of drug-likeness (QED) is 0.862. The summed E-state index contributed by atoms with van der Waals surface area (Å²) in [5, 5.41) is 2.85. The van der Waals surface area contributed by atoms with E-state index in [0.717, 1.165) is 5.56 Å². The van der Waals surface area contributed by atoms with Crippen molar-refractivity contribution in [2.75, 3.05) is 6.54 Å². The van der Waals surface area contributed by atoms with Gasteiger partial charge < -0.3 is 5.32 Å². The van der Waals surface area contributed by atoms with Gasteiger partial charge in [0.05, 0.1) is 5.56 Å². The minimum Gasteiger partial charge on any atom is -0.352 e. The van der Waals surface area contributed by atoms with Gasteiger partial charge in [-0.2, -0.15) is 0 Å². The standard InChI is InChI=1S/C16H24FNO/c1-10(2)14(11(3)4)9-18-16(19)13-8-12(5)6-7-15(13)17/h6-8,10-11,14H,9H2,1-5H3,(H,18,19). The van der Waals surface area contributed by atoms with E-state index in [9.17, 15) is 9.18 Å². The monoisotopic (exact) mass is 265 g/mol. The topological polar surface area (TPSA) is 29.1 Å². The zero-order chi connectivity index (χ0) is 14.6. The Morgan fingerprint density at radius 2 is 1.79 bits per heavy atom. The Balaban J connectivity index is 2.72. The lowest BCUT2D eigenvalue weighted by atomic mass is 9.85. The Morgan fingerprint density at radius 1 is 1.21 bits per heavy atom. The minimum absolute atomic E-state index is 0.131. The van der Waals surface area contributed by atoms with Gasteiger partial charge in [-0.25, -0.2) is 4.39 Å². The largest absolute Gasteiger partial charge is 0.352 e. The molecule has 0 bridgehead atoms. The Hall–Kier alpha value is -1.38. The number of hydrogen-bond donors (Lipinski definition) is 1. The van der Waals surface area contributed by atoms with E-state index in [1.54, 1.807) is 12.1 Å². The number of amides is 1. The highest BCUT2D eigenvalue weighted by Gasteiger charge is 2.19. The molecule has 0 saturated heterocycles. The molecule has 0 aromatic heterocycles. The fourth-order valence-electron chi connectivity index (χ4n) is 2.36. The van der Waals surface area contributed by atoms with Crippen molar-refractivity contribution >= 4 is 5.91 Å². The third-order valence-corrected chi connectivity index (χ3v) is 3.58. The maximum Gasteiger partial charge on any atom is 0.254 e. The highest BCUT2D eigenvalue weighted by Crippen LogP contribution is 2.19. The van der Waals surface area contributed by atoms with Crippen molar-refractivity contribution in [2.45, 2.75) is 34.6 Å². The van der Waals surface area contributed by atoms with Crippen molar-refractivity contribution in [2.24, 2.45) is 17.8 Å². The third kappa shape index (κ3) is 4.34. The van der Waals surface area contributed by atoms with Crippen molar-refractivity contribution in [1.82, 2.24) is 5.32 Å². The molecule has 1 aromatic carbocycles. The van der Waals surface area contributed by atoms with Crippen LogP contribution in [0, 0.1) is 30.5 Å². The number of halogens is 1. The zero-order valence-corrected chi connectivity index (χ0v) is 12.5. The summed E-state index contributed by atoms with van der Waals surface area (Å²) in [7, 11) is 0. The normalized spacial score (nSPS) is 11.4. The molecule has 1 N–H and O–H groups in total. The predicted molar refractivity (Wildman–Crippen MR) is 76.6 cm³/mol. The Kier molecular flexibility index (Phi) is 5.52. The number of carbonyl (C=O) groups excluding carboxylic acids is 1. The molecule has 0 aliphatic rings. The highest BCUT2D eigenvalue weighted by molar-refractivity contribution is 5.94. The van der Waals surface area contributed by atoms with Gasteiger partial charge in [0.25, 0.3) is 5.91 Å². The summed E-state index contributed by atoms with van der Waals surface area (Å²) in [4.78, 5) is 12.0. The molecule has 0 unspecified atom stereocenters. The molecule has 0 heterocycles. The molecule has 106 valence electrons. The molecule has 0 atom stereocenters.